The molecule has 0 amide bonds. The van der Waals surface area contributed by atoms with Crippen LogP contribution in [0.1, 0.15) is 61.1 Å². The van der Waals surface area contributed by atoms with Crippen molar-refractivity contribution >= 4 is 33.5 Å². The Morgan fingerprint density at radius 2 is 1.74 bits per heavy atom. The van der Waals surface area contributed by atoms with Crippen LogP contribution in [-0.2, 0) is 12.8 Å². The van der Waals surface area contributed by atoms with Gasteiger partial charge in [0.25, 0.3) is 0 Å². The fraction of sp³-hybridized carbons (Fsp3) is 0.265. The van der Waals surface area contributed by atoms with E-state index in [9.17, 15) is 0 Å². The molecule has 0 saturated carbocycles. The van der Waals surface area contributed by atoms with E-state index in [4.69, 9.17) is 19.4 Å². The van der Waals surface area contributed by atoms with Gasteiger partial charge in [-0.3, -0.25) is 9.98 Å². The number of hydrogen-bond donors (Lipinski definition) is 0. The molecule has 2 atom stereocenters. The molecule has 4 aromatic rings. The smallest absolute Gasteiger partial charge is 0.227 e. The van der Waals surface area contributed by atoms with Gasteiger partial charge in [-0.15, -0.1) is 0 Å². The van der Waals surface area contributed by atoms with Gasteiger partial charge in [-0.25, -0.2) is 4.98 Å². The molecule has 4 heteroatoms. The van der Waals surface area contributed by atoms with Gasteiger partial charge in [0.15, 0.2) is 0 Å². The van der Waals surface area contributed by atoms with E-state index in [-0.39, 0.29) is 17.4 Å². The molecule has 2 unspecified atom stereocenters. The minimum Gasteiger partial charge on any atom is -0.437 e. The number of allylic oxidation sites excluding steroid dienone is 2. The average molecular weight is 500 g/mol. The lowest BCUT2D eigenvalue weighted by Crippen LogP contribution is -2.27. The van der Waals surface area contributed by atoms with Crippen LogP contribution in [0.5, 0.6) is 0 Å². The molecular formula is C34H33N3O. The number of fused-ring (bicyclic) bond motifs is 8. The van der Waals surface area contributed by atoms with Crippen LogP contribution in [-0.4, -0.2) is 22.4 Å². The fourth-order valence-electron chi connectivity index (χ4n) is 5.98. The normalized spacial score (nSPS) is 19.4. The molecule has 2 aliphatic heterocycles. The fourth-order valence-corrected chi connectivity index (χ4v) is 5.98. The number of rotatable bonds is 3. The van der Waals surface area contributed by atoms with Crippen LogP contribution in [0.3, 0.4) is 0 Å². The number of benzene rings is 2. The number of hydrogen-bond acceptors (Lipinski definition) is 4. The number of aromatic nitrogens is 1. The van der Waals surface area contributed by atoms with Crippen molar-refractivity contribution in [2.75, 3.05) is 0 Å². The molecule has 2 aromatic heterocycles. The molecule has 190 valence electrons. The highest BCUT2D eigenvalue weighted by atomic mass is 16.3. The Labute approximate surface area is 224 Å². The molecule has 0 N–H and O–H groups in total. The molecule has 0 aliphatic carbocycles. The maximum absolute atomic E-state index is 6.51. The molecule has 4 nitrogen and oxygen atoms in total. The highest BCUT2D eigenvalue weighted by molar-refractivity contribution is 6.20. The first kappa shape index (κ1) is 24.3. The molecule has 0 radical (unpaired) electrons. The van der Waals surface area contributed by atoms with E-state index in [1.165, 1.54) is 11.1 Å². The van der Waals surface area contributed by atoms with Gasteiger partial charge in [-0.1, -0.05) is 76.9 Å². The summed E-state index contributed by atoms with van der Waals surface area (Å²) in [4.78, 5) is 15.0. The molecule has 2 aliphatic rings. The summed E-state index contributed by atoms with van der Waals surface area (Å²) >= 11 is 0. The first-order valence-electron chi connectivity index (χ1n) is 13.3. The van der Waals surface area contributed by atoms with Gasteiger partial charge in [0.05, 0.1) is 23.2 Å². The molecule has 0 saturated heterocycles. The minimum atomic E-state index is -0.157. The van der Waals surface area contributed by atoms with E-state index < -0.39 is 0 Å². The molecule has 4 heterocycles. The molecule has 6 rings (SSSR count). The number of nitrogens with zero attached hydrogens (tertiary/aromatic N) is 3. The Kier molecular flexibility index (Phi) is 5.79. The Bertz CT molecular complexity index is 1690. The number of pyridine rings is 1. The third-order valence-electron chi connectivity index (χ3n) is 7.63. The summed E-state index contributed by atoms with van der Waals surface area (Å²) in [5, 5.41) is 2.06. The number of aryl methyl sites for hydroxylation is 1. The topological polar surface area (TPSA) is 50.8 Å². The summed E-state index contributed by atoms with van der Waals surface area (Å²) in [6, 6.07) is 17.0. The summed E-state index contributed by atoms with van der Waals surface area (Å²) < 4.78 is 6.51. The second-order valence-corrected chi connectivity index (χ2v) is 11.6. The van der Waals surface area contributed by atoms with Crippen LogP contribution >= 0.6 is 0 Å². The molecule has 0 fully saturated rings. The lowest BCUT2D eigenvalue weighted by atomic mass is 9.79. The van der Waals surface area contributed by atoms with Gasteiger partial charge in [0.1, 0.15) is 5.58 Å². The lowest BCUT2D eigenvalue weighted by Gasteiger charge is -2.31. The van der Waals surface area contributed by atoms with Crippen molar-refractivity contribution in [3.8, 4) is 0 Å². The third-order valence-corrected chi connectivity index (χ3v) is 7.63. The summed E-state index contributed by atoms with van der Waals surface area (Å²) in [5.41, 5.74) is 9.64. The summed E-state index contributed by atoms with van der Waals surface area (Å²) in [6.45, 7) is 19.2. The Morgan fingerprint density at radius 3 is 2.50 bits per heavy atom. The van der Waals surface area contributed by atoms with E-state index in [2.05, 4.69) is 89.0 Å². The Hall–Kier alpha value is -4.05. The highest BCUT2D eigenvalue weighted by Crippen LogP contribution is 2.41. The van der Waals surface area contributed by atoms with Crippen LogP contribution in [0.25, 0.3) is 22.1 Å². The largest absolute Gasteiger partial charge is 0.437 e. The standard InChI is InChI=1S/C34H33N3O/c1-7-28-24-12-10-9-11-23(24)25-16-13-21-14-17-26-27-18-15-22(19-34(4,5)6)36-33(27)38-32(26)30(21)29(8-2)35-20(3)31(25)37-28/h7-12,14-15,17-18,25,31H,1-3,13,16,19H2,4-6H3. The maximum atomic E-state index is 6.51. The first-order valence-corrected chi connectivity index (χ1v) is 13.3. The van der Waals surface area contributed by atoms with Gasteiger partial charge in [0.2, 0.25) is 5.71 Å². The van der Waals surface area contributed by atoms with Crippen LogP contribution in [0, 0.1) is 5.41 Å². The van der Waals surface area contributed by atoms with Gasteiger partial charge in [0, 0.05) is 33.5 Å². The molecule has 0 bridgehead atoms. The van der Waals surface area contributed by atoms with E-state index in [1.54, 1.807) is 0 Å². The van der Waals surface area contributed by atoms with Crippen LogP contribution < -0.4 is 0 Å². The minimum absolute atomic E-state index is 0.145. The Morgan fingerprint density at radius 1 is 0.974 bits per heavy atom. The van der Waals surface area contributed by atoms with Crippen molar-refractivity contribution in [2.45, 2.75) is 52.0 Å². The zero-order valence-electron chi connectivity index (χ0n) is 22.4. The van der Waals surface area contributed by atoms with Crippen molar-refractivity contribution in [1.82, 2.24) is 4.98 Å². The van der Waals surface area contributed by atoms with Crippen molar-refractivity contribution < 1.29 is 4.42 Å². The summed E-state index contributed by atoms with van der Waals surface area (Å²) in [6.07, 6.45) is 6.31. The number of furan rings is 1. The maximum Gasteiger partial charge on any atom is 0.227 e. The average Bonchev–Trinajstić information content (AvgIpc) is 3.28. The van der Waals surface area contributed by atoms with Crippen molar-refractivity contribution in [1.29, 1.82) is 0 Å². The predicted octanol–water partition coefficient (Wildman–Crippen LogP) is 8.15. The van der Waals surface area contributed by atoms with Crippen molar-refractivity contribution in [2.24, 2.45) is 15.4 Å². The van der Waals surface area contributed by atoms with Gasteiger partial charge in [-0.2, -0.15) is 0 Å². The molecule has 0 spiro atoms. The van der Waals surface area contributed by atoms with Gasteiger partial charge >= 0.3 is 0 Å². The quantitative estimate of drug-likeness (QED) is 0.286. The van der Waals surface area contributed by atoms with E-state index >= 15 is 0 Å². The summed E-state index contributed by atoms with van der Waals surface area (Å²) in [7, 11) is 0. The molecular weight excluding hydrogens is 466 g/mol. The Balaban J connectivity index is 1.53. The van der Waals surface area contributed by atoms with E-state index in [0.717, 1.165) is 69.6 Å². The zero-order valence-corrected chi connectivity index (χ0v) is 22.4. The monoisotopic (exact) mass is 499 g/mol. The van der Waals surface area contributed by atoms with E-state index in [1.807, 2.05) is 12.2 Å². The van der Waals surface area contributed by atoms with Gasteiger partial charge in [-0.05, 0) is 60.1 Å². The van der Waals surface area contributed by atoms with E-state index in [0.29, 0.717) is 5.71 Å². The van der Waals surface area contributed by atoms with Crippen LogP contribution in [0.4, 0.5) is 0 Å². The van der Waals surface area contributed by atoms with Crippen molar-refractivity contribution in [3.05, 3.63) is 114 Å². The van der Waals surface area contributed by atoms with Gasteiger partial charge < -0.3 is 4.42 Å². The second-order valence-electron chi connectivity index (χ2n) is 11.6. The highest BCUT2D eigenvalue weighted by Gasteiger charge is 2.33. The summed E-state index contributed by atoms with van der Waals surface area (Å²) in [5.74, 6) is 0.177. The van der Waals surface area contributed by atoms with Crippen molar-refractivity contribution in [3.63, 3.8) is 0 Å². The zero-order chi connectivity index (χ0) is 26.6. The predicted molar refractivity (Wildman–Crippen MR) is 159 cm³/mol. The molecule has 38 heavy (non-hydrogen) atoms. The SMILES string of the molecule is C=CC1=NC2C(=C)N=C(C=C)c3c(ccc4c3oc3nc(CC(C)(C)C)ccc34)CCC2c2ccccc21. The van der Waals surface area contributed by atoms with Crippen LogP contribution in [0.2, 0.25) is 0 Å². The molecule has 2 aromatic carbocycles. The third kappa shape index (κ3) is 4.05. The number of aliphatic imine (C=N–C) groups is 2. The lowest BCUT2D eigenvalue weighted by molar-refractivity contribution is 0.406. The van der Waals surface area contributed by atoms with Crippen LogP contribution in [0.15, 0.2) is 101 Å². The first-order chi connectivity index (χ1) is 18.3. The second kappa shape index (κ2) is 9.05.